The summed E-state index contributed by atoms with van der Waals surface area (Å²) < 4.78 is 0. The first-order valence-electron chi connectivity index (χ1n) is 9.26. The van der Waals surface area contributed by atoms with Crippen molar-refractivity contribution in [1.82, 2.24) is 0 Å². The van der Waals surface area contributed by atoms with Gasteiger partial charge in [0.2, 0.25) is 0 Å². The summed E-state index contributed by atoms with van der Waals surface area (Å²) in [5, 5.41) is 6.20. The summed E-state index contributed by atoms with van der Waals surface area (Å²) in [5.41, 5.74) is 5.32. The first-order valence-corrected chi connectivity index (χ1v) is 9.26. The lowest BCUT2D eigenvalue weighted by Gasteiger charge is -2.15. The molecule has 0 spiro atoms. The van der Waals surface area contributed by atoms with E-state index in [4.69, 9.17) is 13.1 Å². The third kappa shape index (κ3) is 4.57. The highest BCUT2D eigenvalue weighted by Gasteiger charge is 2.10. The van der Waals surface area contributed by atoms with Crippen LogP contribution in [0.3, 0.4) is 0 Å². The van der Waals surface area contributed by atoms with E-state index >= 15 is 0 Å². The topological polar surface area (TPSA) is 53.1 Å². The maximum Gasteiger partial charge on any atom is 0.255 e. The van der Waals surface area contributed by atoms with E-state index in [1.54, 1.807) is 24.3 Å². The van der Waals surface area contributed by atoms with Crippen LogP contribution in [-0.4, -0.2) is 20.0 Å². The number of hydrogen-bond acceptors (Lipinski definition) is 3. The van der Waals surface area contributed by atoms with Crippen LogP contribution in [0.4, 0.5) is 34.1 Å². The molecule has 1 amide bonds. The smallest absolute Gasteiger partial charge is 0.255 e. The number of nitrogens with zero attached hydrogens (tertiary/aromatic N) is 3. The first-order chi connectivity index (χ1) is 14.4. The van der Waals surface area contributed by atoms with E-state index in [-0.39, 0.29) is 5.91 Å². The average Bonchev–Trinajstić information content (AvgIpc) is 2.76. The Hall–Kier alpha value is -4.29. The van der Waals surface area contributed by atoms with Crippen LogP contribution in [0.1, 0.15) is 15.9 Å². The minimum absolute atomic E-state index is 0.190. The van der Waals surface area contributed by atoms with Crippen LogP contribution in [-0.2, 0) is 0 Å². The van der Waals surface area contributed by atoms with Gasteiger partial charge in [-0.1, -0.05) is 24.3 Å². The molecule has 0 atom stereocenters. The molecule has 6 heteroatoms. The Bertz CT molecular complexity index is 1180. The second-order valence-electron chi connectivity index (χ2n) is 6.98. The zero-order valence-electron chi connectivity index (χ0n) is 17.0. The molecule has 0 aliphatic heterocycles. The molecule has 3 aromatic carbocycles. The molecule has 148 valence electrons. The highest BCUT2D eigenvalue weighted by molar-refractivity contribution is 6.05. The standard InChI is InChI=1S/C24H21N5O/c1-16-9-10-19(28-24(30)17-7-6-8-20(13-17)29(4)5)14-22(16)27-18-11-12-21(25-2)23(15-18)26-3/h6-15,27H,1,4-5H3,(H,28,30). The number of rotatable bonds is 5. The molecule has 0 aliphatic carbocycles. The van der Waals surface area contributed by atoms with Crippen molar-refractivity contribution in [2.75, 3.05) is 29.6 Å². The second-order valence-corrected chi connectivity index (χ2v) is 6.98. The van der Waals surface area contributed by atoms with Crippen LogP contribution in [0.25, 0.3) is 9.69 Å². The number of carbonyl (C=O) groups is 1. The Morgan fingerprint density at radius 1 is 0.900 bits per heavy atom. The third-order valence-electron chi connectivity index (χ3n) is 4.62. The summed E-state index contributed by atoms with van der Waals surface area (Å²) in [6, 6.07) is 18.1. The van der Waals surface area contributed by atoms with Crippen molar-refractivity contribution in [3.8, 4) is 0 Å². The number of nitrogens with one attached hydrogen (secondary N) is 2. The van der Waals surface area contributed by atoms with Gasteiger partial charge in [-0.05, 0) is 48.9 Å². The molecule has 30 heavy (non-hydrogen) atoms. The first kappa shape index (κ1) is 20.4. The van der Waals surface area contributed by atoms with E-state index in [1.165, 1.54) is 0 Å². The predicted molar refractivity (Wildman–Crippen MR) is 122 cm³/mol. The minimum Gasteiger partial charge on any atom is -0.378 e. The number of amides is 1. The van der Waals surface area contributed by atoms with E-state index in [1.807, 2.05) is 62.3 Å². The highest BCUT2D eigenvalue weighted by Crippen LogP contribution is 2.33. The van der Waals surface area contributed by atoms with Crippen LogP contribution in [0.15, 0.2) is 60.7 Å². The zero-order chi connectivity index (χ0) is 21.7. The molecule has 6 nitrogen and oxygen atoms in total. The van der Waals surface area contributed by atoms with Gasteiger partial charge in [-0.3, -0.25) is 14.5 Å². The van der Waals surface area contributed by atoms with Crippen molar-refractivity contribution in [3.63, 3.8) is 0 Å². The van der Waals surface area contributed by atoms with Crippen LogP contribution in [0, 0.1) is 20.1 Å². The fraction of sp³-hybridized carbons (Fsp3) is 0.125. The quantitative estimate of drug-likeness (QED) is 0.509. The van der Waals surface area contributed by atoms with Gasteiger partial charge in [-0.2, -0.15) is 0 Å². The molecule has 3 rings (SSSR count). The maximum absolute atomic E-state index is 12.7. The van der Waals surface area contributed by atoms with Gasteiger partial charge in [0.25, 0.3) is 5.91 Å². The van der Waals surface area contributed by atoms with Gasteiger partial charge in [0, 0.05) is 42.4 Å². The number of hydrogen-bond donors (Lipinski definition) is 2. The maximum atomic E-state index is 12.7. The summed E-state index contributed by atoms with van der Waals surface area (Å²) in [6.45, 7) is 16.3. The Kier molecular flexibility index (Phi) is 6.00. The Morgan fingerprint density at radius 2 is 1.63 bits per heavy atom. The molecule has 2 N–H and O–H groups in total. The van der Waals surface area contributed by atoms with Gasteiger partial charge in [-0.15, -0.1) is 0 Å². The van der Waals surface area contributed by atoms with Gasteiger partial charge in [-0.25, -0.2) is 0 Å². The molecule has 0 aliphatic rings. The van der Waals surface area contributed by atoms with Gasteiger partial charge in [0.05, 0.1) is 13.1 Å². The molecular formula is C24H21N5O. The lowest BCUT2D eigenvalue weighted by molar-refractivity contribution is 0.102. The Morgan fingerprint density at radius 3 is 2.33 bits per heavy atom. The third-order valence-corrected chi connectivity index (χ3v) is 4.62. The molecule has 0 radical (unpaired) electrons. The molecular weight excluding hydrogens is 374 g/mol. The number of aryl methyl sites for hydroxylation is 1. The molecule has 0 unspecified atom stereocenters. The van der Waals surface area contributed by atoms with Gasteiger partial charge < -0.3 is 15.5 Å². The lowest BCUT2D eigenvalue weighted by atomic mass is 10.1. The van der Waals surface area contributed by atoms with Crippen molar-refractivity contribution in [2.24, 2.45) is 0 Å². The van der Waals surface area contributed by atoms with Crippen molar-refractivity contribution in [1.29, 1.82) is 0 Å². The number of benzene rings is 3. The highest BCUT2D eigenvalue weighted by atomic mass is 16.1. The summed E-state index contributed by atoms with van der Waals surface area (Å²) in [4.78, 5) is 21.4. The molecule has 3 aromatic rings. The van der Waals surface area contributed by atoms with Gasteiger partial charge >= 0.3 is 0 Å². The summed E-state index contributed by atoms with van der Waals surface area (Å²) in [6.07, 6.45) is 0. The zero-order valence-corrected chi connectivity index (χ0v) is 17.0. The van der Waals surface area contributed by atoms with Crippen molar-refractivity contribution in [2.45, 2.75) is 6.92 Å². The average molecular weight is 395 g/mol. The molecule has 0 bridgehead atoms. The fourth-order valence-corrected chi connectivity index (χ4v) is 2.90. The summed E-state index contributed by atoms with van der Waals surface area (Å²) in [7, 11) is 3.86. The molecule has 0 aromatic heterocycles. The van der Waals surface area contributed by atoms with Crippen molar-refractivity contribution < 1.29 is 4.79 Å². The largest absolute Gasteiger partial charge is 0.378 e. The Balaban J connectivity index is 1.82. The number of anilines is 4. The lowest BCUT2D eigenvalue weighted by Crippen LogP contribution is -2.14. The molecule has 0 saturated carbocycles. The molecule has 0 fully saturated rings. The minimum atomic E-state index is -0.190. The summed E-state index contributed by atoms with van der Waals surface area (Å²) in [5.74, 6) is -0.190. The van der Waals surface area contributed by atoms with Gasteiger partial charge in [0.1, 0.15) is 0 Å². The van der Waals surface area contributed by atoms with Crippen LogP contribution >= 0.6 is 0 Å². The summed E-state index contributed by atoms with van der Waals surface area (Å²) >= 11 is 0. The van der Waals surface area contributed by atoms with E-state index in [2.05, 4.69) is 20.3 Å². The van der Waals surface area contributed by atoms with Crippen LogP contribution in [0.5, 0.6) is 0 Å². The van der Waals surface area contributed by atoms with Crippen molar-refractivity contribution >= 4 is 40.0 Å². The van der Waals surface area contributed by atoms with Crippen LogP contribution in [0.2, 0.25) is 0 Å². The van der Waals surface area contributed by atoms with Gasteiger partial charge in [0.15, 0.2) is 11.4 Å². The van der Waals surface area contributed by atoms with E-state index in [0.29, 0.717) is 28.3 Å². The Labute approximate surface area is 176 Å². The fourth-order valence-electron chi connectivity index (χ4n) is 2.90. The molecule has 0 heterocycles. The van der Waals surface area contributed by atoms with E-state index in [0.717, 1.165) is 16.9 Å². The number of carbonyl (C=O) groups excluding carboxylic acids is 1. The predicted octanol–water partition coefficient (Wildman–Crippen LogP) is 6.16. The van der Waals surface area contributed by atoms with Crippen molar-refractivity contribution in [3.05, 3.63) is 94.6 Å². The normalized spacial score (nSPS) is 9.90. The molecule has 0 saturated heterocycles. The SMILES string of the molecule is [C-]#[N+]c1ccc(Nc2cc(NC(=O)c3cccc(N(C)C)c3)ccc2C)cc1[N+]#[C-]. The van der Waals surface area contributed by atoms with E-state index in [9.17, 15) is 4.79 Å². The van der Waals surface area contributed by atoms with Crippen LogP contribution < -0.4 is 15.5 Å². The second kappa shape index (κ2) is 8.81. The monoisotopic (exact) mass is 395 g/mol. The van der Waals surface area contributed by atoms with E-state index < -0.39 is 0 Å².